The lowest BCUT2D eigenvalue weighted by molar-refractivity contribution is -0.121. The third-order valence-electron chi connectivity index (χ3n) is 9.10. The first-order chi connectivity index (χ1) is 22.7. The Morgan fingerprint density at radius 1 is 1.09 bits per heavy atom. The number of rotatable bonds is 12. The number of carbonyl (C=O) groups is 2. The van der Waals surface area contributed by atoms with Crippen LogP contribution in [0.1, 0.15) is 59.8 Å². The zero-order valence-corrected chi connectivity index (χ0v) is 27.8. The number of H-pyrrole nitrogens is 1. The normalized spacial score (nSPS) is 15.8. The summed E-state index contributed by atoms with van der Waals surface area (Å²) in [5.41, 5.74) is 7.37. The molecule has 0 aliphatic carbocycles. The van der Waals surface area contributed by atoms with Gasteiger partial charge in [-0.15, -0.1) is 0 Å². The highest BCUT2D eigenvalue weighted by Gasteiger charge is 2.25. The highest BCUT2D eigenvalue weighted by Crippen LogP contribution is 2.31. The van der Waals surface area contributed by atoms with Crippen LogP contribution in [0.5, 0.6) is 0 Å². The van der Waals surface area contributed by atoms with Crippen LogP contribution in [0, 0.1) is 6.92 Å². The van der Waals surface area contributed by atoms with Gasteiger partial charge < -0.3 is 29.7 Å². The molecule has 5 N–H and O–H groups in total. The van der Waals surface area contributed by atoms with Gasteiger partial charge in [-0.05, 0) is 80.8 Å². The number of aryl methyl sites for hydroxylation is 2. The summed E-state index contributed by atoms with van der Waals surface area (Å²) in [5, 5.41) is 3.01. The fourth-order valence-corrected chi connectivity index (χ4v) is 6.41. The van der Waals surface area contributed by atoms with Crippen molar-refractivity contribution in [2.45, 2.75) is 58.5 Å². The van der Waals surface area contributed by atoms with E-state index >= 15 is 0 Å². The first-order valence-electron chi connectivity index (χ1n) is 16.6. The van der Waals surface area contributed by atoms with Crippen LogP contribution in [0.3, 0.4) is 0 Å². The number of amides is 2. The summed E-state index contributed by atoms with van der Waals surface area (Å²) in [7, 11) is 2.13. The predicted molar refractivity (Wildman–Crippen MR) is 184 cm³/mol. The van der Waals surface area contributed by atoms with E-state index in [1.54, 1.807) is 0 Å². The minimum Gasteiger partial charge on any atom is -0.381 e. The molecule has 47 heavy (non-hydrogen) atoms. The van der Waals surface area contributed by atoms with Crippen LogP contribution in [-0.2, 0) is 22.5 Å². The molecule has 2 aliphatic heterocycles. The molecule has 0 saturated carbocycles. The molecule has 4 heterocycles. The van der Waals surface area contributed by atoms with Crippen LogP contribution < -0.4 is 31.9 Å². The number of pyridine rings is 2. The SMILES string of the molecule is CCCc1cc(C)[nH]c(=O)c1CNC(=O)c1cc(-c2ccc(N3CCN(C)CC3)nc2)cc(N(CCC(=O)NN)C2CCOCC2)c1. The van der Waals surface area contributed by atoms with Crippen LogP contribution in [0.15, 0.2) is 47.4 Å². The Morgan fingerprint density at radius 2 is 1.85 bits per heavy atom. The van der Waals surface area contributed by atoms with Gasteiger partial charge in [0.15, 0.2) is 0 Å². The molecule has 2 fully saturated rings. The zero-order chi connectivity index (χ0) is 33.3. The molecule has 252 valence electrons. The Labute approximate surface area is 276 Å². The molecule has 12 nitrogen and oxygen atoms in total. The summed E-state index contributed by atoms with van der Waals surface area (Å²) in [6.07, 6.45) is 5.31. The van der Waals surface area contributed by atoms with Gasteiger partial charge in [0.05, 0.1) is 0 Å². The van der Waals surface area contributed by atoms with Crippen molar-refractivity contribution < 1.29 is 14.3 Å². The van der Waals surface area contributed by atoms with E-state index in [1.165, 1.54) is 0 Å². The maximum absolute atomic E-state index is 13.8. The van der Waals surface area contributed by atoms with E-state index in [1.807, 2.05) is 43.5 Å². The first kappa shape index (κ1) is 34.1. The van der Waals surface area contributed by atoms with E-state index in [0.29, 0.717) is 30.9 Å². The Kier molecular flexibility index (Phi) is 11.6. The lowest BCUT2D eigenvalue weighted by Gasteiger charge is -2.36. The number of anilines is 2. The van der Waals surface area contributed by atoms with Gasteiger partial charge in [-0.1, -0.05) is 13.3 Å². The predicted octanol–water partition coefficient (Wildman–Crippen LogP) is 2.75. The molecule has 2 amide bonds. The third kappa shape index (κ3) is 8.76. The number of carbonyl (C=O) groups excluding carboxylic acids is 2. The Morgan fingerprint density at radius 3 is 2.53 bits per heavy atom. The van der Waals surface area contributed by atoms with E-state index < -0.39 is 0 Å². The highest BCUT2D eigenvalue weighted by atomic mass is 16.5. The van der Waals surface area contributed by atoms with Crippen molar-refractivity contribution in [3.8, 4) is 11.1 Å². The third-order valence-corrected chi connectivity index (χ3v) is 9.10. The summed E-state index contributed by atoms with van der Waals surface area (Å²) in [4.78, 5) is 53.4. The lowest BCUT2D eigenvalue weighted by Crippen LogP contribution is -2.44. The van der Waals surface area contributed by atoms with Gasteiger partial charge in [0.2, 0.25) is 5.91 Å². The maximum atomic E-state index is 13.8. The van der Waals surface area contributed by atoms with E-state index in [2.05, 4.69) is 50.5 Å². The standard InChI is InChI=1S/C35H48N8O4/c1-4-5-25-18-24(2)39-35(46)31(25)23-38-34(45)28-19-27(26-6-7-32(37-22-26)42-14-12-41(3)13-15-42)20-30(21-28)43(11-8-33(44)40-36)29-9-16-47-17-10-29/h6-7,18-22,29H,4-5,8-17,23,36H2,1-3H3,(H,38,45)(H,39,46)(H,40,44). The number of aromatic amines is 1. The quantitative estimate of drug-likeness (QED) is 0.133. The van der Waals surface area contributed by atoms with Crippen molar-refractivity contribution in [1.29, 1.82) is 0 Å². The molecule has 0 spiro atoms. The van der Waals surface area contributed by atoms with Gasteiger partial charge in [0, 0.05) is 99.2 Å². The second kappa shape index (κ2) is 16.0. The molecule has 1 aromatic carbocycles. The first-order valence-corrected chi connectivity index (χ1v) is 16.6. The Bertz CT molecular complexity index is 1580. The van der Waals surface area contributed by atoms with Crippen LogP contribution >= 0.6 is 0 Å². The number of likely N-dealkylation sites (N-methyl/N-ethyl adjacent to an activating group) is 1. The number of ether oxygens (including phenoxy) is 1. The lowest BCUT2D eigenvalue weighted by atomic mass is 9.99. The topological polar surface area (TPSA) is 149 Å². The largest absolute Gasteiger partial charge is 0.381 e. The molecule has 3 aromatic rings. The summed E-state index contributed by atoms with van der Waals surface area (Å²) in [6.45, 7) is 9.55. The number of hydrogen-bond donors (Lipinski definition) is 4. The fraction of sp³-hybridized carbons (Fsp3) is 0.486. The van der Waals surface area contributed by atoms with Gasteiger partial charge in [-0.3, -0.25) is 19.8 Å². The van der Waals surface area contributed by atoms with E-state index in [9.17, 15) is 14.4 Å². The number of benzene rings is 1. The number of nitrogens with two attached hydrogens (primary N) is 1. The number of aromatic nitrogens is 2. The molecule has 0 unspecified atom stereocenters. The number of nitrogens with zero attached hydrogens (tertiary/aromatic N) is 4. The summed E-state index contributed by atoms with van der Waals surface area (Å²) in [6, 6.07) is 12.0. The van der Waals surface area contributed by atoms with Crippen LogP contribution in [0.4, 0.5) is 11.5 Å². The Balaban J connectivity index is 1.48. The van der Waals surface area contributed by atoms with Crippen molar-refractivity contribution in [3.05, 3.63) is 75.3 Å². The van der Waals surface area contributed by atoms with Gasteiger partial charge in [0.1, 0.15) is 5.82 Å². The summed E-state index contributed by atoms with van der Waals surface area (Å²) >= 11 is 0. The van der Waals surface area contributed by atoms with Crippen molar-refractivity contribution in [2.24, 2.45) is 5.84 Å². The number of hydrazine groups is 1. The molecule has 12 heteroatoms. The fourth-order valence-electron chi connectivity index (χ4n) is 6.41. The molecular weight excluding hydrogens is 596 g/mol. The molecule has 2 saturated heterocycles. The van der Waals surface area contributed by atoms with Crippen LogP contribution in [0.25, 0.3) is 11.1 Å². The van der Waals surface area contributed by atoms with Crippen LogP contribution in [-0.4, -0.2) is 85.7 Å². The molecule has 2 aliphatic rings. The van der Waals surface area contributed by atoms with Gasteiger partial charge in [-0.25, -0.2) is 10.8 Å². The average molecular weight is 645 g/mol. The summed E-state index contributed by atoms with van der Waals surface area (Å²) in [5.74, 6) is 5.80. The number of hydrogen-bond acceptors (Lipinski definition) is 9. The molecule has 5 rings (SSSR count). The second-order valence-corrected chi connectivity index (χ2v) is 12.5. The number of nitrogens with one attached hydrogen (secondary N) is 3. The molecular formula is C35H48N8O4. The Hall–Kier alpha value is -4.26. The van der Waals surface area contributed by atoms with Gasteiger partial charge >= 0.3 is 0 Å². The van der Waals surface area contributed by atoms with Crippen molar-refractivity contribution >= 4 is 23.3 Å². The average Bonchev–Trinajstić information content (AvgIpc) is 3.08. The van der Waals surface area contributed by atoms with Crippen molar-refractivity contribution in [1.82, 2.24) is 25.6 Å². The zero-order valence-electron chi connectivity index (χ0n) is 27.8. The van der Waals surface area contributed by atoms with E-state index in [-0.39, 0.29) is 36.4 Å². The monoisotopic (exact) mass is 644 g/mol. The molecule has 2 aromatic heterocycles. The molecule has 0 radical (unpaired) electrons. The summed E-state index contributed by atoms with van der Waals surface area (Å²) < 4.78 is 5.64. The van der Waals surface area contributed by atoms with Crippen molar-refractivity contribution in [3.63, 3.8) is 0 Å². The van der Waals surface area contributed by atoms with Crippen LogP contribution in [0.2, 0.25) is 0 Å². The smallest absolute Gasteiger partial charge is 0.253 e. The van der Waals surface area contributed by atoms with E-state index in [0.717, 1.165) is 85.8 Å². The second-order valence-electron chi connectivity index (χ2n) is 12.5. The highest BCUT2D eigenvalue weighted by molar-refractivity contribution is 5.97. The number of piperazine rings is 1. The van der Waals surface area contributed by atoms with Gasteiger partial charge in [0.25, 0.3) is 11.5 Å². The minimum absolute atomic E-state index is 0.116. The maximum Gasteiger partial charge on any atom is 0.253 e. The minimum atomic E-state index is -0.288. The molecule has 0 atom stereocenters. The molecule has 0 bridgehead atoms. The van der Waals surface area contributed by atoms with Gasteiger partial charge in [-0.2, -0.15) is 0 Å². The van der Waals surface area contributed by atoms with E-state index in [4.69, 9.17) is 15.6 Å². The van der Waals surface area contributed by atoms with Crippen molar-refractivity contribution in [2.75, 3.05) is 62.8 Å².